The average Bonchev–Trinajstić information content (AvgIpc) is 2.71. The van der Waals surface area contributed by atoms with E-state index in [9.17, 15) is 13.2 Å². The van der Waals surface area contributed by atoms with Crippen LogP contribution >= 0.6 is 11.6 Å². The molecule has 1 fully saturated rings. The molecular weight excluding hydrogens is 296 g/mol. The fourth-order valence-corrected chi connectivity index (χ4v) is 2.62. The molecule has 0 radical (unpaired) electrons. The number of carbonyl (C=O) groups excluding carboxylic acids is 1. The molecule has 19 heavy (non-hydrogen) atoms. The van der Waals surface area contributed by atoms with Gasteiger partial charge in [-0.25, -0.2) is 18.5 Å². The minimum Gasteiger partial charge on any atom is -0.478 e. The Labute approximate surface area is 114 Å². The molecule has 2 N–H and O–H groups in total. The highest BCUT2D eigenvalue weighted by Crippen LogP contribution is 2.29. The second-order valence-corrected chi connectivity index (χ2v) is 6.18. The summed E-state index contributed by atoms with van der Waals surface area (Å²) in [5.41, 5.74) is 0. The van der Waals surface area contributed by atoms with E-state index >= 15 is 0 Å². The predicted molar refractivity (Wildman–Crippen MR) is 67.5 cm³/mol. The Hall–Kier alpha value is -1.45. The highest BCUT2D eigenvalue weighted by molar-refractivity contribution is 7.89. The summed E-state index contributed by atoms with van der Waals surface area (Å²) in [5, 5.41) is 4.19. The molecular formula is C9H11ClN4O4S. The number of nitrogens with zero attached hydrogens (tertiary/aromatic N) is 3. The molecule has 104 valence electrons. The highest BCUT2D eigenvalue weighted by atomic mass is 35.5. The van der Waals surface area contributed by atoms with Gasteiger partial charge in [0, 0.05) is 13.0 Å². The Morgan fingerprint density at radius 2 is 2.26 bits per heavy atom. The van der Waals surface area contributed by atoms with Gasteiger partial charge in [-0.2, -0.15) is 4.98 Å². The Balaban J connectivity index is 2.36. The maximum absolute atomic E-state index is 11.8. The molecule has 1 amide bonds. The molecule has 1 aliphatic rings. The van der Waals surface area contributed by atoms with Gasteiger partial charge in [0.1, 0.15) is 5.25 Å². The van der Waals surface area contributed by atoms with Crippen molar-refractivity contribution in [3.63, 3.8) is 0 Å². The molecule has 1 aromatic heterocycles. The lowest BCUT2D eigenvalue weighted by molar-refractivity contribution is -0.117. The Morgan fingerprint density at radius 3 is 2.79 bits per heavy atom. The zero-order valence-corrected chi connectivity index (χ0v) is 11.5. The lowest BCUT2D eigenvalue weighted by Gasteiger charge is -2.17. The number of rotatable bonds is 3. The highest BCUT2D eigenvalue weighted by Gasteiger charge is 2.39. The first-order valence-corrected chi connectivity index (χ1v) is 7.20. The van der Waals surface area contributed by atoms with Crippen LogP contribution in [0.4, 0.5) is 5.82 Å². The second-order valence-electron chi connectivity index (χ2n) is 3.95. The van der Waals surface area contributed by atoms with Crippen LogP contribution in [0.15, 0.2) is 6.20 Å². The van der Waals surface area contributed by atoms with Crippen molar-refractivity contribution in [1.82, 2.24) is 9.97 Å². The first-order valence-electron chi connectivity index (χ1n) is 5.21. The predicted octanol–water partition coefficient (Wildman–Crippen LogP) is -0.468. The summed E-state index contributed by atoms with van der Waals surface area (Å²) >= 11 is 5.67. The van der Waals surface area contributed by atoms with E-state index in [0.29, 0.717) is 0 Å². The molecule has 2 heterocycles. The van der Waals surface area contributed by atoms with Crippen LogP contribution in [0.3, 0.4) is 0 Å². The molecule has 8 nitrogen and oxygen atoms in total. The standard InChI is InChI=1S/C9H11ClN4O4S/c1-18-9-8(12-3-6(10)13-9)14-4-5(2-7(14)15)19(11,16)17/h3,5H,2,4H2,1H3,(H2,11,16,17). The number of carbonyl (C=O) groups is 1. The van der Waals surface area contributed by atoms with E-state index in [2.05, 4.69) is 9.97 Å². The average molecular weight is 307 g/mol. The Morgan fingerprint density at radius 1 is 1.58 bits per heavy atom. The molecule has 0 bridgehead atoms. The second kappa shape index (κ2) is 4.91. The smallest absolute Gasteiger partial charge is 0.259 e. The van der Waals surface area contributed by atoms with E-state index in [0.717, 1.165) is 0 Å². The number of sulfonamides is 1. The molecule has 1 unspecified atom stereocenters. The molecule has 1 aromatic rings. The van der Waals surface area contributed by atoms with Gasteiger partial charge in [0.05, 0.1) is 13.3 Å². The third-order valence-corrected chi connectivity index (χ3v) is 4.12. The van der Waals surface area contributed by atoms with Crippen molar-refractivity contribution in [3.05, 3.63) is 11.3 Å². The van der Waals surface area contributed by atoms with Gasteiger partial charge in [-0.05, 0) is 0 Å². The molecule has 0 saturated carbocycles. The zero-order valence-electron chi connectivity index (χ0n) is 9.91. The SMILES string of the molecule is COc1nc(Cl)cnc1N1CC(S(N)(=O)=O)CC1=O. The molecule has 10 heteroatoms. The molecule has 0 spiro atoms. The number of hydrogen-bond acceptors (Lipinski definition) is 6. The number of aromatic nitrogens is 2. The number of anilines is 1. The van der Waals surface area contributed by atoms with Crippen molar-refractivity contribution in [2.75, 3.05) is 18.6 Å². The fraction of sp³-hybridized carbons (Fsp3) is 0.444. The summed E-state index contributed by atoms with van der Waals surface area (Å²) in [6.07, 6.45) is 1.06. The van der Waals surface area contributed by atoms with Crippen molar-refractivity contribution >= 4 is 33.3 Å². The van der Waals surface area contributed by atoms with Crippen LogP contribution in [-0.2, 0) is 14.8 Å². The van der Waals surface area contributed by atoms with Crippen LogP contribution in [0, 0.1) is 0 Å². The number of halogens is 1. The summed E-state index contributed by atoms with van der Waals surface area (Å²) < 4.78 is 27.5. The first-order chi connectivity index (χ1) is 8.82. The molecule has 0 aromatic carbocycles. The van der Waals surface area contributed by atoms with Crippen LogP contribution in [0.25, 0.3) is 0 Å². The van der Waals surface area contributed by atoms with Gasteiger partial charge in [0.25, 0.3) is 5.88 Å². The summed E-state index contributed by atoms with van der Waals surface area (Å²) in [4.78, 5) is 20.8. The fourth-order valence-electron chi connectivity index (χ4n) is 1.77. The van der Waals surface area contributed by atoms with Gasteiger partial charge in [-0.1, -0.05) is 11.6 Å². The molecule has 0 aliphatic carbocycles. The van der Waals surface area contributed by atoms with Gasteiger partial charge in [0.2, 0.25) is 15.9 Å². The summed E-state index contributed by atoms with van der Waals surface area (Å²) in [6.45, 7) is -0.0790. The monoisotopic (exact) mass is 306 g/mol. The topological polar surface area (TPSA) is 115 Å². The van der Waals surface area contributed by atoms with E-state index in [1.54, 1.807) is 0 Å². The minimum atomic E-state index is -3.78. The third kappa shape index (κ3) is 2.77. The van der Waals surface area contributed by atoms with Crippen LogP contribution in [0.2, 0.25) is 5.15 Å². The molecule has 1 aliphatic heterocycles. The number of amides is 1. The van der Waals surface area contributed by atoms with E-state index < -0.39 is 21.2 Å². The van der Waals surface area contributed by atoms with Gasteiger partial charge < -0.3 is 4.74 Å². The number of nitrogens with two attached hydrogens (primary N) is 1. The van der Waals surface area contributed by atoms with E-state index in [-0.39, 0.29) is 29.8 Å². The van der Waals surface area contributed by atoms with Crippen LogP contribution in [-0.4, -0.2) is 43.2 Å². The third-order valence-electron chi connectivity index (χ3n) is 2.70. The van der Waals surface area contributed by atoms with Crippen molar-refractivity contribution in [2.24, 2.45) is 5.14 Å². The minimum absolute atomic E-state index is 0.0518. The maximum Gasteiger partial charge on any atom is 0.259 e. The van der Waals surface area contributed by atoms with Crippen LogP contribution in [0.1, 0.15) is 6.42 Å². The van der Waals surface area contributed by atoms with Crippen molar-refractivity contribution in [2.45, 2.75) is 11.7 Å². The normalized spacial score (nSPS) is 19.8. The van der Waals surface area contributed by atoms with Gasteiger partial charge in [-0.15, -0.1) is 0 Å². The Kier molecular flexibility index (Phi) is 3.61. The first kappa shape index (κ1) is 14.0. The Bertz CT molecular complexity index is 621. The van der Waals surface area contributed by atoms with Crippen molar-refractivity contribution in [3.8, 4) is 5.88 Å². The van der Waals surface area contributed by atoms with E-state index in [1.807, 2.05) is 0 Å². The summed E-state index contributed by atoms with van der Waals surface area (Å²) in [7, 11) is -2.43. The van der Waals surface area contributed by atoms with Gasteiger partial charge in [0.15, 0.2) is 11.0 Å². The number of hydrogen-bond donors (Lipinski definition) is 1. The molecule has 1 atom stereocenters. The van der Waals surface area contributed by atoms with Gasteiger partial charge >= 0.3 is 0 Å². The lowest BCUT2D eigenvalue weighted by Crippen LogP contribution is -2.32. The quantitative estimate of drug-likeness (QED) is 0.807. The van der Waals surface area contributed by atoms with E-state index in [1.165, 1.54) is 18.2 Å². The van der Waals surface area contributed by atoms with Crippen LogP contribution < -0.4 is 14.8 Å². The number of methoxy groups -OCH3 is 1. The maximum atomic E-state index is 11.8. The number of primary sulfonamides is 1. The molecule has 2 rings (SSSR count). The van der Waals surface area contributed by atoms with Crippen molar-refractivity contribution < 1.29 is 17.9 Å². The largest absolute Gasteiger partial charge is 0.478 e. The zero-order chi connectivity index (χ0) is 14.2. The summed E-state index contributed by atoms with van der Waals surface area (Å²) in [6, 6.07) is 0. The van der Waals surface area contributed by atoms with E-state index in [4.69, 9.17) is 21.5 Å². The van der Waals surface area contributed by atoms with Crippen LogP contribution in [0.5, 0.6) is 5.88 Å². The summed E-state index contributed by atoms with van der Waals surface area (Å²) in [5.74, 6) is -0.229. The van der Waals surface area contributed by atoms with Crippen molar-refractivity contribution in [1.29, 1.82) is 0 Å². The number of ether oxygens (including phenoxy) is 1. The molecule has 1 saturated heterocycles. The van der Waals surface area contributed by atoms with Gasteiger partial charge in [-0.3, -0.25) is 9.69 Å². The lowest BCUT2D eigenvalue weighted by atomic mass is 10.4.